The van der Waals surface area contributed by atoms with Crippen LogP contribution in [0.15, 0.2) is 73.7 Å². The summed E-state index contributed by atoms with van der Waals surface area (Å²) in [5.41, 5.74) is -2.37. The number of azo groups is 1. The topological polar surface area (TPSA) is 282 Å². The minimum absolute atomic E-state index is 0.0721. The SMILES string of the molecule is C=C(NC(=O)NC(C)=Nc1cc(S(=O)(=O)O)cc2cc(S(=O)(=O)O)c(N=Nc3cc(C(=O)O)cc(C(=O)O)c3)c(O)c12)C(C)CC(C)CC.CC.CC.CC.CCC(C)C. The highest BCUT2D eigenvalue weighted by atomic mass is 32.2. The lowest BCUT2D eigenvalue weighted by Gasteiger charge is -2.19. The average molecular weight is 882 g/mol. The number of amides is 2. The fourth-order valence-corrected chi connectivity index (χ4v) is 5.77. The number of hydrogen-bond acceptors (Lipinski definition) is 11. The van der Waals surface area contributed by atoms with Crippen LogP contribution in [0.2, 0.25) is 0 Å². The predicted molar refractivity (Wildman–Crippen MR) is 236 cm³/mol. The highest BCUT2D eigenvalue weighted by molar-refractivity contribution is 7.86. The molecule has 0 saturated heterocycles. The van der Waals surface area contributed by atoms with Gasteiger partial charge >= 0.3 is 18.0 Å². The first-order valence-corrected chi connectivity index (χ1v) is 22.4. The van der Waals surface area contributed by atoms with E-state index in [0.29, 0.717) is 17.7 Å². The van der Waals surface area contributed by atoms with Gasteiger partial charge in [-0.15, -0.1) is 5.11 Å². The summed E-state index contributed by atoms with van der Waals surface area (Å²) < 4.78 is 68.6. The molecule has 2 unspecified atom stereocenters. The number of benzene rings is 3. The summed E-state index contributed by atoms with van der Waals surface area (Å²) in [6.07, 6.45) is 2.99. The molecule has 0 fully saturated rings. The number of carbonyl (C=O) groups excluding carboxylic acids is 1. The highest BCUT2D eigenvalue weighted by Gasteiger charge is 2.26. The maximum Gasteiger partial charge on any atom is 0.335 e. The molecule has 0 saturated carbocycles. The van der Waals surface area contributed by atoms with E-state index in [1.807, 2.05) is 55.4 Å². The number of carboxylic acid groups (broad SMARTS) is 2. The van der Waals surface area contributed by atoms with Crippen LogP contribution in [-0.2, 0) is 20.2 Å². The largest absolute Gasteiger partial charge is 0.505 e. The molecule has 0 aromatic heterocycles. The Labute approximate surface area is 354 Å². The van der Waals surface area contributed by atoms with E-state index >= 15 is 0 Å². The number of nitrogens with one attached hydrogen (secondary N) is 2. The number of aliphatic imine (C=N–C) groups is 1. The molecule has 2 amide bonds. The van der Waals surface area contributed by atoms with Crippen molar-refractivity contribution >= 4 is 71.9 Å². The van der Waals surface area contributed by atoms with E-state index in [0.717, 1.165) is 49.1 Å². The molecule has 60 heavy (non-hydrogen) atoms. The molecule has 19 heteroatoms. The van der Waals surface area contributed by atoms with Gasteiger partial charge in [0, 0.05) is 5.70 Å². The third-order valence-electron chi connectivity index (χ3n) is 8.08. The van der Waals surface area contributed by atoms with Crippen molar-refractivity contribution in [2.75, 3.05) is 0 Å². The van der Waals surface area contributed by atoms with Gasteiger partial charge in [0.1, 0.15) is 16.4 Å². The van der Waals surface area contributed by atoms with E-state index in [9.17, 15) is 55.6 Å². The lowest BCUT2D eigenvalue weighted by molar-refractivity contribution is 0.0696. The fraction of sp³-hybridized carbons (Fsp3) is 0.463. The third kappa shape index (κ3) is 18.4. The second-order valence-electron chi connectivity index (χ2n) is 12.9. The number of phenolic OH excluding ortho intramolecular Hbond substituents is 1. The molecule has 0 radical (unpaired) electrons. The Bertz CT molecular complexity index is 2190. The number of hydrogen-bond donors (Lipinski definition) is 7. The number of aromatic hydroxyl groups is 1. The number of carboxylic acids is 2. The first-order valence-electron chi connectivity index (χ1n) is 19.5. The summed E-state index contributed by atoms with van der Waals surface area (Å²) >= 11 is 0. The van der Waals surface area contributed by atoms with E-state index in [1.54, 1.807) is 0 Å². The summed E-state index contributed by atoms with van der Waals surface area (Å²) in [5, 5.41) is 41.5. The molecular formula is C41H63N5O12S2. The second-order valence-corrected chi connectivity index (χ2v) is 15.7. The van der Waals surface area contributed by atoms with Gasteiger partial charge in [-0.1, -0.05) is 103 Å². The Morgan fingerprint density at radius 2 is 1.25 bits per heavy atom. The molecular weight excluding hydrogens is 819 g/mol. The number of allylic oxidation sites excluding steroid dienone is 1. The van der Waals surface area contributed by atoms with Crippen molar-refractivity contribution in [3.05, 3.63) is 59.8 Å². The van der Waals surface area contributed by atoms with Crippen LogP contribution in [-0.4, -0.2) is 65.1 Å². The van der Waals surface area contributed by atoms with Crippen LogP contribution in [0, 0.1) is 17.8 Å². The van der Waals surface area contributed by atoms with Gasteiger partial charge in [-0.25, -0.2) is 19.4 Å². The van der Waals surface area contributed by atoms with Crippen LogP contribution in [0.1, 0.15) is 130 Å². The summed E-state index contributed by atoms with van der Waals surface area (Å²) in [6.45, 7) is 29.8. The zero-order valence-corrected chi connectivity index (χ0v) is 38.4. The number of fused-ring (bicyclic) bond motifs is 1. The van der Waals surface area contributed by atoms with Crippen LogP contribution in [0.25, 0.3) is 10.8 Å². The number of amidine groups is 1. The number of carbonyl (C=O) groups is 3. The quantitative estimate of drug-likeness (QED) is 0.0365. The Hall–Kier alpha value is -5.24. The maximum absolute atomic E-state index is 12.7. The molecule has 336 valence electrons. The number of rotatable bonds is 13. The molecule has 3 aromatic rings. The van der Waals surface area contributed by atoms with Gasteiger partial charge in [0.15, 0.2) is 5.75 Å². The second kappa shape index (κ2) is 26.8. The van der Waals surface area contributed by atoms with Crippen LogP contribution in [0.3, 0.4) is 0 Å². The van der Waals surface area contributed by atoms with Gasteiger partial charge in [0.05, 0.1) is 32.8 Å². The van der Waals surface area contributed by atoms with Gasteiger partial charge < -0.3 is 20.6 Å². The van der Waals surface area contributed by atoms with E-state index in [2.05, 4.69) is 60.1 Å². The van der Waals surface area contributed by atoms with Crippen LogP contribution < -0.4 is 10.6 Å². The van der Waals surface area contributed by atoms with E-state index < -0.39 is 81.9 Å². The smallest absolute Gasteiger partial charge is 0.335 e. The summed E-state index contributed by atoms with van der Waals surface area (Å²) in [7, 11) is -10.2. The Morgan fingerprint density at radius 1 is 0.750 bits per heavy atom. The van der Waals surface area contributed by atoms with Crippen LogP contribution in [0.4, 0.5) is 21.9 Å². The lowest BCUT2D eigenvalue weighted by Crippen LogP contribution is -2.38. The minimum atomic E-state index is -5.25. The predicted octanol–water partition coefficient (Wildman–Crippen LogP) is 10.9. The maximum atomic E-state index is 12.7. The molecule has 2 atom stereocenters. The van der Waals surface area contributed by atoms with Crippen molar-refractivity contribution in [2.45, 2.75) is 119 Å². The van der Waals surface area contributed by atoms with Crippen molar-refractivity contribution in [1.82, 2.24) is 10.6 Å². The molecule has 0 spiro atoms. The van der Waals surface area contributed by atoms with Gasteiger partial charge in [-0.3, -0.25) is 14.4 Å². The normalized spacial score (nSPS) is 12.2. The number of phenols is 1. The summed E-state index contributed by atoms with van der Waals surface area (Å²) in [6, 6.07) is 4.14. The Morgan fingerprint density at radius 3 is 1.67 bits per heavy atom. The molecule has 0 aliphatic rings. The molecule has 0 aliphatic carbocycles. The van der Waals surface area contributed by atoms with E-state index in [1.165, 1.54) is 13.3 Å². The molecule has 0 bridgehead atoms. The summed E-state index contributed by atoms with van der Waals surface area (Å²) in [5.74, 6) is -3.06. The van der Waals surface area contributed by atoms with Gasteiger partial charge in [0.25, 0.3) is 20.2 Å². The number of urea groups is 1. The Balaban J connectivity index is 0. The Kier molecular flexibility index (Phi) is 25.4. The van der Waals surface area contributed by atoms with Crippen molar-refractivity contribution in [1.29, 1.82) is 0 Å². The van der Waals surface area contributed by atoms with Crippen molar-refractivity contribution < 1.29 is 55.6 Å². The molecule has 0 heterocycles. The van der Waals surface area contributed by atoms with E-state index in [-0.39, 0.29) is 22.5 Å². The number of aromatic carboxylic acids is 2. The molecule has 3 rings (SSSR count). The monoisotopic (exact) mass is 881 g/mol. The van der Waals surface area contributed by atoms with Crippen molar-refractivity contribution in [2.24, 2.45) is 33.0 Å². The van der Waals surface area contributed by atoms with Crippen LogP contribution in [0.5, 0.6) is 5.75 Å². The van der Waals surface area contributed by atoms with Crippen LogP contribution >= 0.6 is 0 Å². The standard InChI is InChI=1S/C30H33N5O12S2.C5H12.3C2H6/c1-6-14(2)7-15(3)16(4)31-30(41)33-17(5)32-23-13-22(48(42,43)44)11-18-12-24(49(45,46)47)26(27(36)25(18)23)35-34-21-9-19(28(37)38)8-20(10-21)29(39)40;1-4-5(2)3;3*1-2/h8-15,36H,4,6-7H2,1-3,5H3,(H,37,38)(H,39,40)(H,42,43,44)(H,45,46,47)(H2,31,32,33,41);5H,4H2,1-3H3;3*1-2H3. The zero-order chi connectivity index (χ0) is 47.3. The highest BCUT2D eigenvalue weighted by Crippen LogP contribution is 2.46. The van der Waals surface area contributed by atoms with Crippen molar-refractivity contribution in [3.8, 4) is 5.75 Å². The average Bonchev–Trinajstić information content (AvgIpc) is 3.18. The first kappa shape index (κ1) is 56.9. The van der Waals surface area contributed by atoms with Gasteiger partial charge in [-0.05, 0) is 72.9 Å². The third-order valence-corrected chi connectivity index (χ3v) is 9.77. The zero-order valence-electron chi connectivity index (χ0n) is 36.8. The van der Waals surface area contributed by atoms with Gasteiger partial charge in [-0.2, -0.15) is 21.9 Å². The molecule has 7 N–H and O–H groups in total. The summed E-state index contributed by atoms with van der Waals surface area (Å²) in [4.78, 5) is 37.9. The first-order chi connectivity index (χ1) is 27.9. The lowest BCUT2D eigenvalue weighted by atomic mass is 9.93. The molecule has 3 aromatic carbocycles. The fourth-order valence-electron chi connectivity index (χ4n) is 4.58. The van der Waals surface area contributed by atoms with Gasteiger partial charge in [0.2, 0.25) is 0 Å². The number of nitrogens with zero attached hydrogens (tertiary/aromatic N) is 3. The molecule has 0 aliphatic heterocycles. The van der Waals surface area contributed by atoms with E-state index in [4.69, 9.17) is 0 Å². The molecule has 17 nitrogen and oxygen atoms in total. The minimum Gasteiger partial charge on any atom is -0.505 e. The van der Waals surface area contributed by atoms with Crippen molar-refractivity contribution in [3.63, 3.8) is 0 Å².